The van der Waals surface area contributed by atoms with Crippen LogP contribution < -0.4 is 5.73 Å². The van der Waals surface area contributed by atoms with E-state index in [2.05, 4.69) is 6.92 Å². The van der Waals surface area contributed by atoms with Gasteiger partial charge in [-0.05, 0) is 31.9 Å². The number of likely N-dealkylation sites (N-methyl/N-ethyl adjacent to an activating group) is 1. The average Bonchev–Trinajstić information content (AvgIpc) is 2.49. The second kappa shape index (κ2) is 11.4. The Balaban J connectivity index is 4.77. The van der Waals surface area contributed by atoms with Crippen molar-refractivity contribution in [1.29, 1.82) is 0 Å². The first-order valence-electron chi connectivity index (χ1n) is 9.20. The number of hydrogen-bond acceptors (Lipinski definition) is 3. The van der Waals surface area contributed by atoms with Crippen molar-refractivity contribution in [2.24, 2.45) is 5.73 Å². The molecule has 0 aliphatic carbocycles. The molecule has 140 valence electrons. The van der Waals surface area contributed by atoms with Gasteiger partial charge in [0, 0.05) is 6.42 Å². The summed E-state index contributed by atoms with van der Waals surface area (Å²) in [6.45, 7) is 2.57. The molecule has 3 N–H and O–H groups in total. The molecule has 0 spiro atoms. The number of aliphatic carboxylic acids is 1. The van der Waals surface area contributed by atoms with E-state index in [9.17, 15) is 14.7 Å². The number of nitrogens with zero attached hydrogens (tertiary/aromatic N) is 1. The number of carbonyl (C=O) groups excluding carboxylic acids is 1. The highest BCUT2D eigenvalue weighted by Gasteiger charge is 2.55. The smallest absolute Gasteiger partial charge is 0.374 e. The summed E-state index contributed by atoms with van der Waals surface area (Å²) >= 11 is 0. The molecule has 0 saturated heterocycles. The lowest BCUT2D eigenvalue weighted by Gasteiger charge is -2.41. The first kappa shape index (κ1) is 22.8. The monoisotopic (exact) mass is 341 g/mol. The number of ketones is 1. The molecule has 0 aromatic carbocycles. The lowest BCUT2D eigenvalue weighted by molar-refractivity contribution is -0.903. The number of carbonyl (C=O) groups is 2. The zero-order valence-electron chi connectivity index (χ0n) is 16.0. The molecule has 0 fully saturated rings. The molecular formula is C19H37N2O3+. The first-order chi connectivity index (χ1) is 11.2. The highest BCUT2D eigenvalue weighted by molar-refractivity contribution is 6.11. The van der Waals surface area contributed by atoms with Gasteiger partial charge in [-0.2, -0.15) is 0 Å². The minimum Gasteiger partial charge on any atom is -0.476 e. The van der Waals surface area contributed by atoms with E-state index in [1.165, 1.54) is 31.8 Å². The fraction of sp³-hybridized carbons (Fsp3) is 0.789. The molecule has 24 heavy (non-hydrogen) atoms. The summed E-state index contributed by atoms with van der Waals surface area (Å²) < 4.78 is 0.0581. The zero-order valence-corrected chi connectivity index (χ0v) is 16.0. The molecular weight excluding hydrogens is 304 g/mol. The van der Waals surface area contributed by atoms with E-state index in [4.69, 9.17) is 5.73 Å². The van der Waals surface area contributed by atoms with E-state index >= 15 is 0 Å². The predicted octanol–water partition coefficient (Wildman–Crippen LogP) is 3.13. The van der Waals surface area contributed by atoms with Gasteiger partial charge in [-0.25, -0.2) is 4.79 Å². The predicted molar refractivity (Wildman–Crippen MR) is 98.8 cm³/mol. The van der Waals surface area contributed by atoms with Gasteiger partial charge >= 0.3 is 5.97 Å². The Bertz CT molecular complexity index is 413. The molecule has 0 aromatic heterocycles. The summed E-state index contributed by atoms with van der Waals surface area (Å²) in [6.07, 6.45) is 12.1. The molecule has 0 aliphatic heterocycles. The lowest BCUT2D eigenvalue weighted by atomic mass is 9.84. The van der Waals surface area contributed by atoms with Gasteiger partial charge in [0.15, 0.2) is 0 Å². The van der Waals surface area contributed by atoms with Crippen molar-refractivity contribution in [1.82, 2.24) is 0 Å². The van der Waals surface area contributed by atoms with Crippen LogP contribution in [-0.2, 0) is 9.59 Å². The van der Waals surface area contributed by atoms with Crippen molar-refractivity contribution in [3.05, 3.63) is 12.2 Å². The Hall–Kier alpha value is -1.20. The maximum Gasteiger partial charge on any atom is 0.374 e. The quantitative estimate of drug-likeness (QED) is 0.220. The molecule has 0 radical (unpaired) electrons. The maximum atomic E-state index is 12.7. The standard InChI is InChI=1S/C19H36N2O3/c1-5-6-7-8-9-10-11-12-14-17(22)19(18(23)24,15-13-16-20)21(2,3)4/h12,14H,5-11,13,15-16,20H2,1-4H3/p+1. The first-order valence-corrected chi connectivity index (χ1v) is 9.20. The minimum absolute atomic E-state index is 0.0581. The number of nitrogens with two attached hydrogens (primary N) is 1. The van der Waals surface area contributed by atoms with Crippen molar-refractivity contribution in [2.45, 2.75) is 70.3 Å². The van der Waals surface area contributed by atoms with Gasteiger partial charge in [-0.15, -0.1) is 0 Å². The van der Waals surface area contributed by atoms with Crippen molar-refractivity contribution < 1.29 is 19.2 Å². The zero-order chi connectivity index (χ0) is 18.6. The van der Waals surface area contributed by atoms with E-state index in [1.807, 2.05) is 6.08 Å². The van der Waals surface area contributed by atoms with E-state index in [-0.39, 0.29) is 16.7 Å². The van der Waals surface area contributed by atoms with E-state index in [1.54, 1.807) is 21.1 Å². The van der Waals surface area contributed by atoms with Crippen molar-refractivity contribution in [3.63, 3.8) is 0 Å². The summed E-state index contributed by atoms with van der Waals surface area (Å²) in [5.74, 6) is -1.40. The minimum atomic E-state index is -1.46. The van der Waals surface area contributed by atoms with Crippen LogP contribution in [0.5, 0.6) is 0 Å². The number of carboxylic acid groups (broad SMARTS) is 1. The van der Waals surface area contributed by atoms with E-state index in [0.29, 0.717) is 13.0 Å². The van der Waals surface area contributed by atoms with Gasteiger partial charge in [-0.3, -0.25) is 4.79 Å². The van der Waals surface area contributed by atoms with Crippen molar-refractivity contribution in [3.8, 4) is 0 Å². The topological polar surface area (TPSA) is 80.4 Å². The molecule has 1 atom stereocenters. The summed E-state index contributed by atoms with van der Waals surface area (Å²) in [7, 11) is 5.26. The SMILES string of the molecule is CCCCCCCCC=CC(=O)C(CCCN)(C(=O)O)[N+](C)(C)C. The van der Waals surface area contributed by atoms with Crippen LogP contribution in [0, 0.1) is 0 Å². The van der Waals surface area contributed by atoms with Crippen LogP contribution in [0.15, 0.2) is 12.2 Å². The van der Waals surface area contributed by atoms with Gasteiger partial charge in [0.25, 0.3) is 5.54 Å². The van der Waals surface area contributed by atoms with Crippen LogP contribution in [0.2, 0.25) is 0 Å². The van der Waals surface area contributed by atoms with Gasteiger partial charge in [0.1, 0.15) is 0 Å². The molecule has 0 heterocycles. The molecule has 1 unspecified atom stereocenters. The fourth-order valence-electron chi connectivity index (χ4n) is 3.02. The van der Waals surface area contributed by atoms with Crippen molar-refractivity contribution >= 4 is 11.8 Å². The summed E-state index contributed by atoms with van der Waals surface area (Å²) in [6, 6.07) is 0. The Kier molecular flexibility index (Phi) is 10.8. The summed E-state index contributed by atoms with van der Waals surface area (Å²) in [4.78, 5) is 24.6. The van der Waals surface area contributed by atoms with Gasteiger partial charge in [-0.1, -0.05) is 45.1 Å². The lowest BCUT2D eigenvalue weighted by Crippen LogP contribution is -2.66. The number of allylic oxidation sites excluding steroid dienone is 1. The second-order valence-corrected chi connectivity index (χ2v) is 7.39. The van der Waals surface area contributed by atoms with Crippen LogP contribution >= 0.6 is 0 Å². The Morgan fingerprint density at radius 1 is 1.04 bits per heavy atom. The summed E-state index contributed by atoms with van der Waals surface area (Å²) in [5, 5.41) is 9.77. The van der Waals surface area contributed by atoms with Crippen LogP contribution in [0.3, 0.4) is 0 Å². The Morgan fingerprint density at radius 2 is 1.62 bits per heavy atom. The molecule has 5 nitrogen and oxygen atoms in total. The Morgan fingerprint density at radius 3 is 2.12 bits per heavy atom. The van der Waals surface area contributed by atoms with Crippen LogP contribution in [0.25, 0.3) is 0 Å². The molecule has 0 amide bonds. The van der Waals surface area contributed by atoms with E-state index in [0.717, 1.165) is 19.3 Å². The van der Waals surface area contributed by atoms with Gasteiger partial charge in [0.2, 0.25) is 5.78 Å². The molecule has 0 bridgehead atoms. The fourth-order valence-corrected chi connectivity index (χ4v) is 3.02. The molecule has 0 aromatic rings. The number of carboxylic acids is 1. The highest BCUT2D eigenvalue weighted by Crippen LogP contribution is 2.27. The van der Waals surface area contributed by atoms with Crippen LogP contribution in [0.1, 0.15) is 64.7 Å². The van der Waals surface area contributed by atoms with Crippen LogP contribution in [0.4, 0.5) is 0 Å². The molecule has 5 heteroatoms. The number of quaternary nitrogens is 1. The summed E-state index contributed by atoms with van der Waals surface area (Å²) in [5.41, 5.74) is 4.08. The second-order valence-electron chi connectivity index (χ2n) is 7.39. The number of rotatable bonds is 14. The van der Waals surface area contributed by atoms with E-state index < -0.39 is 11.5 Å². The van der Waals surface area contributed by atoms with Crippen LogP contribution in [-0.4, -0.2) is 54.6 Å². The molecule has 0 rings (SSSR count). The normalized spacial score (nSPS) is 14.7. The third-order valence-corrected chi connectivity index (χ3v) is 4.64. The molecule has 0 saturated carbocycles. The average molecular weight is 342 g/mol. The maximum absolute atomic E-state index is 12.7. The van der Waals surface area contributed by atoms with Gasteiger partial charge in [0.05, 0.1) is 21.1 Å². The Labute approximate surface area is 147 Å². The third kappa shape index (κ3) is 6.73. The highest BCUT2D eigenvalue weighted by atomic mass is 16.4. The third-order valence-electron chi connectivity index (χ3n) is 4.64. The molecule has 0 aliphatic rings. The van der Waals surface area contributed by atoms with Crippen molar-refractivity contribution in [2.75, 3.05) is 27.7 Å². The number of hydrogen-bond donors (Lipinski definition) is 2. The largest absolute Gasteiger partial charge is 0.476 e. The van der Waals surface area contributed by atoms with Gasteiger partial charge < -0.3 is 15.3 Å². The number of unbranched alkanes of at least 4 members (excludes halogenated alkanes) is 6.